The summed E-state index contributed by atoms with van der Waals surface area (Å²) in [5, 5.41) is 3.73. The van der Waals surface area contributed by atoms with E-state index < -0.39 is 5.97 Å². The first kappa shape index (κ1) is 13.3. The number of rotatable bonds is 5. The Bertz CT molecular complexity index is 392. The first-order valence-electron chi connectivity index (χ1n) is 4.98. The van der Waals surface area contributed by atoms with Crippen molar-refractivity contribution in [3.63, 3.8) is 0 Å². The second-order valence-corrected chi connectivity index (χ2v) is 3.27. The quantitative estimate of drug-likeness (QED) is 0.351. The van der Waals surface area contributed by atoms with E-state index in [-0.39, 0.29) is 0 Å². The lowest BCUT2D eigenvalue weighted by Crippen LogP contribution is -2.09. The van der Waals surface area contributed by atoms with Crippen molar-refractivity contribution in [3.8, 4) is 5.75 Å². The van der Waals surface area contributed by atoms with Crippen LogP contribution in [0.15, 0.2) is 29.4 Å². The first-order chi connectivity index (χ1) is 8.17. The van der Waals surface area contributed by atoms with Gasteiger partial charge in [0, 0.05) is 11.8 Å². The standard InChI is InChI=1S/C11H13ClN2O3/c1-3-17-11(15)8-13-14(12)9-4-6-10(16-2)7-5-9/h4-8H,3H2,1-2H3/b13-8-. The monoisotopic (exact) mass is 256 g/mol. The molecule has 0 saturated carbocycles. The SMILES string of the molecule is CCOC(=O)/C=N\N(Cl)c1ccc(OC)cc1. The van der Waals surface area contributed by atoms with Gasteiger partial charge in [-0.25, -0.2) is 4.79 Å². The topological polar surface area (TPSA) is 51.1 Å². The van der Waals surface area contributed by atoms with Crippen molar-refractivity contribution < 1.29 is 14.3 Å². The number of halogens is 1. The molecule has 0 atom stereocenters. The third kappa shape index (κ3) is 4.32. The minimum absolute atomic E-state index is 0.301. The van der Waals surface area contributed by atoms with E-state index in [4.69, 9.17) is 16.5 Å². The average Bonchev–Trinajstić information content (AvgIpc) is 2.36. The summed E-state index contributed by atoms with van der Waals surface area (Å²) in [6.45, 7) is 2.02. The molecule has 0 aliphatic heterocycles. The second-order valence-electron chi connectivity index (χ2n) is 2.95. The van der Waals surface area contributed by atoms with Gasteiger partial charge < -0.3 is 9.47 Å². The van der Waals surface area contributed by atoms with Gasteiger partial charge in [-0.05, 0) is 31.2 Å². The largest absolute Gasteiger partial charge is 0.497 e. The van der Waals surface area contributed by atoms with Gasteiger partial charge in [0.15, 0.2) is 0 Å². The third-order valence-electron chi connectivity index (χ3n) is 1.84. The highest BCUT2D eigenvalue weighted by atomic mass is 35.5. The fourth-order valence-corrected chi connectivity index (χ4v) is 1.21. The Morgan fingerprint density at radius 2 is 2.12 bits per heavy atom. The molecular weight excluding hydrogens is 244 g/mol. The molecule has 0 aromatic heterocycles. The lowest BCUT2D eigenvalue weighted by atomic mass is 10.3. The zero-order valence-corrected chi connectivity index (χ0v) is 10.3. The van der Waals surface area contributed by atoms with E-state index in [9.17, 15) is 4.79 Å². The molecule has 0 fully saturated rings. The molecule has 1 aromatic carbocycles. The Morgan fingerprint density at radius 1 is 1.47 bits per heavy atom. The van der Waals surface area contributed by atoms with Crippen LogP contribution in [-0.4, -0.2) is 25.9 Å². The van der Waals surface area contributed by atoms with Gasteiger partial charge in [0.25, 0.3) is 0 Å². The van der Waals surface area contributed by atoms with Gasteiger partial charge in [-0.1, -0.05) is 0 Å². The average molecular weight is 257 g/mol. The minimum Gasteiger partial charge on any atom is -0.497 e. The van der Waals surface area contributed by atoms with Gasteiger partial charge in [-0.2, -0.15) is 9.63 Å². The fourth-order valence-electron chi connectivity index (χ4n) is 1.05. The molecule has 1 aromatic rings. The van der Waals surface area contributed by atoms with Gasteiger partial charge in [0.1, 0.15) is 12.0 Å². The van der Waals surface area contributed by atoms with Gasteiger partial charge in [-0.3, -0.25) is 0 Å². The van der Waals surface area contributed by atoms with Gasteiger partial charge in [0.2, 0.25) is 0 Å². The third-order valence-corrected chi connectivity index (χ3v) is 2.12. The summed E-state index contributed by atoms with van der Waals surface area (Å²) < 4.78 is 10.7. The van der Waals surface area contributed by atoms with E-state index in [2.05, 4.69) is 9.84 Å². The van der Waals surface area contributed by atoms with Crippen molar-refractivity contribution in [2.24, 2.45) is 5.10 Å². The molecule has 0 N–H and O–H groups in total. The van der Waals surface area contributed by atoms with E-state index in [1.807, 2.05) is 0 Å². The van der Waals surface area contributed by atoms with Crippen LogP contribution in [0.25, 0.3) is 0 Å². The molecule has 0 unspecified atom stereocenters. The van der Waals surface area contributed by atoms with Crippen LogP contribution in [0.5, 0.6) is 5.75 Å². The van der Waals surface area contributed by atoms with Crippen LogP contribution in [0.2, 0.25) is 0 Å². The number of anilines is 1. The lowest BCUT2D eigenvalue weighted by molar-refractivity contribution is -0.134. The number of methoxy groups -OCH3 is 1. The minimum atomic E-state index is -0.535. The number of hydrogen-bond donors (Lipinski definition) is 0. The number of nitrogens with zero attached hydrogens (tertiary/aromatic N) is 2. The maximum atomic E-state index is 11.0. The zero-order valence-electron chi connectivity index (χ0n) is 9.59. The van der Waals surface area contributed by atoms with Crippen LogP contribution < -0.4 is 9.26 Å². The number of hydrazone groups is 1. The Hall–Kier alpha value is -1.75. The zero-order chi connectivity index (χ0) is 12.7. The fraction of sp³-hybridized carbons (Fsp3) is 0.273. The summed E-state index contributed by atoms with van der Waals surface area (Å²) >= 11 is 5.83. The van der Waals surface area contributed by atoms with Gasteiger partial charge in [0.05, 0.1) is 19.4 Å². The van der Waals surface area contributed by atoms with E-state index in [0.717, 1.165) is 10.7 Å². The highest BCUT2D eigenvalue weighted by molar-refractivity contribution is 6.28. The van der Waals surface area contributed by atoms with Gasteiger partial charge >= 0.3 is 5.97 Å². The van der Waals surface area contributed by atoms with Crippen molar-refractivity contribution in [3.05, 3.63) is 24.3 Å². The summed E-state index contributed by atoms with van der Waals surface area (Å²) in [5.74, 6) is 0.180. The summed E-state index contributed by atoms with van der Waals surface area (Å²) in [7, 11) is 1.58. The van der Waals surface area contributed by atoms with E-state index in [1.54, 1.807) is 38.3 Å². The van der Waals surface area contributed by atoms with Crippen molar-refractivity contribution in [2.45, 2.75) is 6.92 Å². The number of esters is 1. The van der Waals surface area contributed by atoms with Crippen LogP contribution >= 0.6 is 11.8 Å². The second kappa shape index (κ2) is 6.75. The molecule has 0 heterocycles. The molecular formula is C11H13ClN2O3. The summed E-state index contributed by atoms with van der Waals surface area (Å²) in [6.07, 6.45) is 1.01. The number of benzene rings is 1. The Morgan fingerprint density at radius 3 is 2.65 bits per heavy atom. The first-order valence-corrected chi connectivity index (χ1v) is 5.32. The molecule has 17 heavy (non-hydrogen) atoms. The summed E-state index contributed by atoms with van der Waals surface area (Å²) in [6, 6.07) is 6.91. The number of carbonyl (C=O) groups excluding carboxylic acids is 1. The molecule has 0 aliphatic rings. The molecule has 0 saturated heterocycles. The summed E-state index contributed by atoms with van der Waals surface area (Å²) in [4.78, 5) is 11.0. The Kier molecular flexibility index (Phi) is 5.29. The Balaban J connectivity index is 2.62. The number of carbonyl (C=O) groups is 1. The van der Waals surface area contributed by atoms with Crippen molar-refractivity contribution in [1.82, 2.24) is 0 Å². The molecule has 6 heteroatoms. The van der Waals surface area contributed by atoms with E-state index in [1.165, 1.54) is 0 Å². The van der Waals surface area contributed by atoms with E-state index in [0.29, 0.717) is 18.0 Å². The molecule has 0 spiro atoms. The summed E-state index contributed by atoms with van der Waals surface area (Å²) in [5.41, 5.74) is 0.619. The van der Waals surface area contributed by atoms with Crippen LogP contribution in [0.3, 0.4) is 0 Å². The lowest BCUT2D eigenvalue weighted by Gasteiger charge is -2.09. The Labute approximate surface area is 105 Å². The molecule has 92 valence electrons. The maximum absolute atomic E-state index is 11.0. The molecule has 1 rings (SSSR count). The van der Waals surface area contributed by atoms with Crippen molar-refractivity contribution in [1.29, 1.82) is 0 Å². The normalized spacial score (nSPS) is 10.3. The van der Waals surface area contributed by atoms with Crippen molar-refractivity contribution >= 4 is 29.6 Å². The van der Waals surface area contributed by atoms with Crippen LogP contribution in [-0.2, 0) is 9.53 Å². The molecule has 0 aliphatic carbocycles. The number of hydrogen-bond acceptors (Lipinski definition) is 5. The number of ether oxygens (including phenoxy) is 2. The van der Waals surface area contributed by atoms with Crippen LogP contribution in [0, 0.1) is 0 Å². The highest BCUT2D eigenvalue weighted by Gasteiger charge is 2.02. The highest BCUT2D eigenvalue weighted by Crippen LogP contribution is 2.20. The smallest absolute Gasteiger partial charge is 0.351 e. The molecule has 0 amide bonds. The van der Waals surface area contributed by atoms with E-state index >= 15 is 0 Å². The van der Waals surface area contributed by atoms with Gasteiger partial charge in [-0.15, -0.1) is 0 Å². The van der Waals surface area contributed by atoms with Crippen LogP contribution in [0.1, 0.15) is 6.92 Å². The predicted octanol–water partition coefficient (Wildman–Crippen LogP) is 2.20. The van der Waals surface area contributed by atoms with Crippen molar-refractivity contribution in [2.75, 3.05) is 18.2 Å². The molecule has 0 bridgehead atoms. The molecule has 5 nitrogen and oxygen atoms in total. The molecule has 0 radical (unpaired) electrons. The maximum Gasteiger partial charge on any atom is 0.351 e. The van der Waals surface area contributed by atoms with Crippen LogP contribution in [0.4, 0.5) is 5.69 Å². The predicted molar refractivity (Wildman–Crippen MR) is 66.5 cm³/mol.